The molecule has 108 valence electrons. The molecule has 2 unspecified atom stereocenters. The topological polar surface area (TPSA) is 63.4 Å². The van der Waals surface area contributed by atoms with Crippen LogP contribution in [0.3, 0.4) is 0 Å². The highest BCUT2D eigenvalue weighted by atomic mass is 32.2. The highest BCUT2D eigenvalue weighted by Crippen LogP contribution is 2.31. The van der Waals surface area contributed by atoms with Crippen LogP contribution in [0.15, 0.2) is 0 Å². The fourth-order valence-electron chi connectivity index (χ4n) is 2.83. The van der Waals surface area contributed by atoms with E-state index in [2.05, 4.69) is 0 Å². The zero-order chi connectivity index (χ0) is 13.8. The lowest BCUT2D eigenvalue weighted by atomic mass is 9.94. The van der Waals surface area contributed by atoms with Crippen LogP contribution in [0.2, 0.25) is 0 Å². The first-order valence-corrected chi connectivity index (χ1v) is 8.41. The van der Waals surface area contributed by atoms with Gasteiger partial charge in [0.25, 0.3) is 0 Å². The molecule has 1 heterocycles. The van der Waals surface area contributed by atoms with Crippen LogP contribution in [-0.2, 0) is 9.59 Å². The molecule has 1 saturated carbocycles. The van der Waals surface area contributed by atoms with Crippen molar-refractivity contribution in [1.29, 1.82) is 0 Å². The molecule has 0 aromatic rings. The Bertz CT molecular complexity index is 342. The number of hydrogen-bond donors (Lipinski definition) is 1. The lowest BCUT2D eigenvalue weighted by Gasteiger charge is -2.29. The first-order chi connectivity index (χ1) is 9.13. The number of likely N-dealkylation sites (tertiary alicyclic amines) is 1. The Labute approximate surface area is 119 Å². The Kier molecular flexibility index (Phi) is 5.28. The largest absolute Gasteiger partial charge is 0.327 e. The van der Waals surface area contributed by atoms with Gasteiger partial charge in [-0.25, -0.2) is 0 Å². The average molecular weight is 284 g/mol. The Balaban J connectivity index is 1.92. The molecule has 5 heteroatoms. The molecule has 4 nitrogen and oxygen atoms in total. The molecular formula is C14H24N2O2S. The van der Waals surface area contributed by atoms with E-state index in [0.717, 1.165) is 37.9 Å². The Hall–Kier alpha value is -0.550. The van der Waals surface area contributed by atoms with Gasteiger partial charge in [0.1, 0.15) is 0 Å². The molecule has 2 N–H and O–H groups in total. The molecule has 0 radical (unpaired) electrons. The number of nitrogens with zero attached hydrogens (tertiary/aromatic N) is 1. The van der Waals surface area contributed by atoms with Gasteiger partial charge in [-0.15, -0.1) is 11.8 Å². The number of rotatable bonds is 5. The molecular weight excluding hydrogens is 260 g/mol. The van der Waals surface area contributed by atoms with Gasteiger partial charge in [-0.2, -0.15) is 0 Å². The van der Waals surface area contributed by atoms with Crippen LogP contribution < -0.4 is 5.73 Å². The fraction of sp³-hybridized carbons (Fsp3) is 0.857. The van der Waals surface area contributed by atoms with Crippen molar-refractivity contribution in [2.24, 2.45) is 5.73 Å². The highest BCUT2D eigenvalue weighted by molar-refractivity contribution is 8.00. The zero-order valence-corrected chi connectivity index (χ0v) is 12.5. The highest BCUT2D eigenvalue weighted by Gasteiger charge is 2.42. The summed E-state index contributed by atoms with van der Waals surface area (Å²) in [5.41, 5.74) is 5.88. The van der Waals surface area contributed by atoms with Crippen molar-refractivity contribution in [3.63, 3.8) is 0 Å². The summed E-state index contributed by atoms with van der Waals surface area (Å²) < 4.78 is 0. The van der Waals surface area contributed by atoms with Crippen LogP contribution in [-0.4, -0.2) is 39.8 Å². The third kappa shape index (κ3) is 3.51. The fourth-order valence-corrected chi connectivity index (χ4v) is 4.06. The van der Waals surface area contributed by atoms with Crippen molar-refractivity contribution in [2.45, 2.75) is 69.2 Å². The van der Waals surface area contributed by atoms with Gasteiger partial charge < -0.3 is 5.73 Å². The molecule has 0 bridgehead atoms. The number of amides is 2. The molecule has 1 saturated heterocycles. The first kappa shape index (κ1) is 14.9. The summed E-state index contributed by atoms with van der Waals surface area (Å²) in [7, 11) is 0. The summed E-state index contributed by atoms with van der Waals surface area (Å²) in [5, 5.41) is -0.188. The molecule has 2 rings (SSSR count). The molecule has 2 atom stereocenters. The first-order valence-electron chi connectivity index (χ1n) is 7.36. The molecule has 19 heavy (non-hydrogen) atoms. The van der Waals surface area contributed by atoms with Gasteiger partial charge in [0.2, 0.25) is 11.8 Å². The number of imide groups is 1. The average Bonchev–Trinajstić information content (AvgIpc) is 2.71. The second-order valence-corrected chi connectivity index (χ2v) is 6.82. The van der Waals surface area contributed by atoms with E-state index in [9.17, 15) is 9.59 Å². The van der Waals surface area contributed by atoms with Crippen LogP contribution in [0.4, 0.5) is 0 Å². The van der Waals surface area contributed by atoms with Crippen molar-refractivity contribution in [2.75, 3.05) is 5.75 Å². The van der Waals surface area contributed by atoms with Crippen LogP contribution in [0, 0.1) is 0 Å². The van der Waals surface area contributed by atoms with Gasteiger partial charge in [0.15, 0.2) is 0 Å². The normalized spacial score (nSPS) is 27.1. The minimum atomic E-state index is -0.188. The van der Waals surface area contributed by atoms with Gasteiger partial charge in [0.05, 0.1) is 5.25 Å². The predicted molar refractivity (Wildman–Crippen MR) is 77.9 cm³/mol. The third-order valence-electron chi connectivity index (χ3n) is 4.12. The zero-order valence-electron chi connectivity index (χ0n) is 11.6. The lowest BCUT2D eigenvalue weighted by Crippen LogP contribution is -2.41. The second kappa shape index (κ2) is 6.75. The number of nitrogens with two attached hydrogens (primary N) is 1. The van der Waals surface area contributed by atoms with Crippen LogP contribution in [0.25, 0.3) is 0 Å². The second-order valence-electron chi connectivity index (χ2n) is 5.59. The molecule has 0 aromatic carbocycles. The minimum Gasteiger partial charge on any atom is -0.327 e. The number of carbonyl (C=O) groups is 2. The van der Waals surface area contributed by atoms with Crippen LogP contribution in [0.5, 0.6) is 0 Å². The predicted octanol–water partition coefficient (Wildman–Crippen LogP) is 1.92. The maximum Gasteiger partial charge on any atom is 0.243 e. The van der Waals surface area contributed by atoms with Crippen molar-refractivity contribution in [3.05, 3.63) is 0 Å². The van der Waals surface area contributed by atoms with Crippen molar-refractivity contribution < 1.29 is 9.59 Å². The maximum absolute atomic E-state index is 12.4. The molecule has 1 aliphatic heterocycles. The summed E-state index contributed by atoms with van der Waals surface area (Å²) in [4.78, 5) is 26.0. The third-order valence-corrected chi connectivity index (χ3v) is 5.51. The molecule has 2 aliphatic rings. The van der Waals surface area contributed by atoms with E-state index in [4.69, 9.17) is 5.73 Å². The smallest absolute Gasteiger partial charge is 0.243 e. The SMILES string of the molecule is CCC(N)CSC1CC(=O)N(C2CCCCC2)C1=O. The van der Waals surface area contributed by atoms with Crippen molar-refractivity contribution >= 4 is 23.6 Å². The monoisotopic (exact) mass is 284 g/mol. The lowest BCUT2D eigenvalue weighted by molar-refractivity contribution is -0.141. The van der Waals surface area contributed by atoms with Gasteiger partial charge in [-0.3, -0.25) is 14.5 Å². The summed E-state index contributed by atoms with van der Waals surface area (Å²) in [6, 6.07) is 0.288. The summed E-state index contributed by atoms with van der Waals surface area (Å²) in [6.07, 6.45) is 6.77. The summed E-state index contributed by atoms with van der Waals surface area (Å²) >= 11 is 1.56. The quantitative estimate of drug-likeness (QED) is 0.783. The Morgan fingerprint density at radius 2 is 2.00 bits per heavy atom. The molecule has 0 spiro atoms. The van der Waals surface area contributed by atoms with E-state index in [0.29, 0.717) is 6.42 Å². The van der Waals surface area contributed by atoms with Gasteiger partial charge in [-0.05, 0) is 19.3 Å². The summed E-state index contributed by atoms with van der Waals surface area (Å²) in [6.45, 7) is 2.04. The van der Waals surface area contributed by atoms with E-state index in [-0.39, 0.29) is 29.1 Å². The van der Waals surface area contributed by atoms with Gasteiger partial charge in [-0.1, -0.05) is 26.2 Å². The Morgan fingerprint density at radius 1 is 1.32 bits per heavy atom. The maximum atomic E-state index is 12.4. The molecule has 2 fully saturated rings. The number of thioether (sulfide) groups is 1. The van der Waals surface area contributed by atoms with E-state index < -0.39 is 0 Å². The number of hydrogen-bond acceptors (Lipinski definition) is 4. The molecule has 0 aromatic heterocycles. The van der Waals surface area contributed by atoms with Crippen molar-refractivity contribution in [3.8, 4) is 0 Å². The number of carbonyl (C=O) groups excluding carboxylic acids is 2. The van der Waals surface area contributed by atoms with Gasteiger partial charge >= 0.3 is 0 Å². The van der Waals surface area contributed by atoms with E-state index in [1.807, 2.05) is 6.92 Å². The van der Waals surface area contributed by atoms with E-state index >= 15 is 0 Å². The summed E-state index contributed by atoms with van der Waals surface area (Å²) in [5.74, 6) is 0.822. The minimum absolute atomic E-state index is 0.0273. The van der Waals surface area contributed by atoms with Crippen LogP contribution >= 0.6 is 11.8 Å². The van der Waals surface area contributed by atoms with Crippen molar-refractivity contribution in [1.82, 2.24) is 4.90 Å². The molecule has 2 amide bonds. The Morgan fingerprint density at radius 3 is 2.63 bits per heavy atom. The van der Waals surface area contributed by atoms with E-state index in [1.165, 1.54) is 6.42 Å². The van der Waals surface area contributed by atoms with E-state index in [1.54, 1.807) is 16.7 Å². The molecule has 1 aliphatic carbocycles. The standard InChI is InChI=1S/C14H24N2O2S/c1-2-10(15)9-19-12-8-13(17)16(14(12)18)11-6-4-3-5-7-11/h10-12H,2-9,15H2,1H3. The van der Waals surface area contributed by atoms with Gasteiger partial charge in [0, 0.05) is 24.3 Å². The van der Waals surface area contributed by atoms with Crippen LogP contribution in [0.1, 0.15) is 51.9 Å².